The van der Waals surface area contributed by atoms with E-state index in [1.54, 1.807) is 0 Å². The fourth-order valence-electron chi connectivity index (χ4n) is 3.19. The van der Waals surface area contributed by atoms with Crippen LogP contribution in [-0.4, -0.2) is 29.8 Å². The third-order valence-electron chi connectivity index (χ3n) is 4.70. The quantitative estimate of drug-likeness (QED) is 0.724. The smallest absolute Gasteiger partial charge is 0.152 e. The molecule has 0 amide bonds. The van der Waals surface area contributed by atoms with Gasteiger partial charge in [-0.15, -0.1) is 0 Å². The van der Waals surface area contributed by atoms with Gasteiger partial charge in [-0.05, 0) is 39.2 Å². The van der Waals surface area contributed by atoms with Crippen molar-refractivity contribution in [2.75, 3.05) is 7.05 Å². The topological polar surface area (TPSA) is 20.3 Å². The number of carbonyl (C=O) groups excluding carboxylic acids is 1. The lowest BCUT2D eigenvalue weighted by Gasteiger charge is -2.41. The minimum Gasteiger partial charge on any atom is -0.298 e. The number of hydrogen-bond donors (Lipinski definition) is 0. The van der Waals surface area contributed by atoms with Crippen molar-refractivity contribution in [2.24, 2.45) is 17.8 Å². The van der Waals surface area contributed by atoms with Gasteiger partial charge >= 0.3 is 0 Å². The van der Waals surface area contributed by atoms with E-state index in [-0.39, 0.29) is 12.0 Å². The van der Waals surface area contributed by atoms with Crippen molar-refractivity contribution < 1.29 is 4.79 Å². The fraction of sp³-hybridized carbons (Fsp3) is 0.944. The average molecular weight is 284 g/mol. The van der Waals surface area contributed by atoms with E-state index in [9.17, 15) is 4.79 Å². The number of hydrogen-bond acceptors (Lipinski definition) is 2. The summed E-state index contributed by atoms with van der Waals surface area (Å²) in [5.74, 6) is 1.82. The molecule has 1 aliphatic carbocycles. The van der Waals surface area contributed by atoms with Crippen LogP contribution in [0, 0.1) is 17.8 Å². The second kappa shape index (κ2) is 9.55. The molecular formula is C18H37NO. The molecule has 1 fully saturated rings. The zero-order valence-electron chi connectivity index (χ0n) is 15.1. The second-order valence-corrected chi connectivity index (χ2v) is 6.69. The van der Waals surface area contributed by atoms with Crippen molar-refractivity contribution in [3.63, 3.8) is 0 Å². The molecule has 0 bridgehead atoms. The number of rotatable bonds is 5. The van der Waals surface area contributed by atoms with Gasteiger partial charge in [-0.25, -0.2) is 0 Å². The zero-order chi connectivity index (χ0) is 15.9. The van der Waals surface area contributed by atoms with Crippen molar-refractivity contribution in [1.82, 2.24) is 4.90 Å². The summed E-state index contributed by atoms with van der Waals surface area (Å²) in [5, 5.41) is 0. The molecule has 2 heteroatoms. The van der Waals surface area contributed by atoms with E-state index in [1.807, 2.05) is 27.7 Å². The summed E-state index contributed by atoms with van der Waals surface area (Å²) >= 11 is 0. The molecule has 0 radical (unpaired) electrons. The van der Waals surface area contributed by atoms with Gasteiger partial charge in [0.1, 0.15) is 0 Å². The predicted octanol–water partition coefficient (Wildman–Crippen LogP) is 4.77. The molecule has 0 aromatic rings. The molecule has 0 N–H and O–H groups in total. The van der Waals surface area contributed by atoms with Crippen LogP contribution in [-0.2, 0) is 4.79 Å². The van der Waals surface area contributed by atoms with Crippen LogP contribution in [0.2, 0.25) is 0 Å². The predicted molar refractivity (Wildman–Crippen MR) is 89.0 cm³/mol. The van der Waals surface area contributed by atoms with E-state index in [4.69, 9.17) is 0 Å². The summed E-state index contributed by atoms with van der Waals surface area (Å²) in [6.07, 6.45) is 5.15. The Balaban J connectivity index is 0.00000172. The van der Waals surface area contributed by atoms with Crippen LogP contribution in [0.15, 0.2) is 0 Å². The SMILES string of the molecule is CC.CC(C)C(=O)C(C1CCCCC1C)N(C)C(C)C. The molecule has 0 aromatic heterocycles. The maximum Gasteiger partial charge on any atom is 0.152 e. The molecule has 0 aromatic carbocycles. The average Bonchev–Trinajstić information content (AvgIpc) is 2.42. The Kier molecular flexibility index (Phi) is 9.37. The molecule has 0 aliphatic heterocycles. The van der Waals surface area contributed by atoms with Crippen LogP contribution in [0.5, 0.6) is 0 Å². The van der Waals surface area contributed by atoms with Crippen molar-refractivity contribution in [1.29, 1.82) is 0 Å². The molecular weight excluding hydrogens is 246 g/mol. The number of nitrogens with zero attached hydrogens (tertiary/aromatic N) is 1. The fourth-order valence-corrected chi connectivity index (χ4v) is 3.19. The Hall–Kier alpha value is -0.370. The van der Waals surface area contributed by atoms with Gasteiger partial charge in [-0.3, -0.25) is 9.69 Å². The third-order valence-corrected chi connectivity index (χ3v) is 4.70. The highest BCUT2D eigenvalue weighted by Gasteiger charge is 2.37. The summed E-state index contributed by atoms with van der Waals surface area (Å²) in [4.78, 5) is 14.9. The first-order valence-electron chi connectivity index (χ1n) is 8.62. The maximum absolute atomic E-state index is 12.6. The molecule has 1 aliphatic rings. The number of carbonyl (C=O) groups is 1. The van der Waals surface area contributed by atoms with Gasteiger partial charge in [0.05, 0.1) is 6.04 Å². The van der Waals surface area contributed by atoms with Gasteiger partial charge in [-0.2, -0.15) is 0 Å². The first-order valence-corrected chi connectivity index (χ1v) is 8.62. The Morgan fingerprint density at radius 3 is 1.95 bits per heavy atom. The Morgan fingerprint density at radius 1 is 1.05 bits per heavy atom. The normalized spacial score (nSPS) is 24.6. The van der Waals surface area contributed by atoms with Crippen molar-refractivity contribution >= 4 is 5.78 Å². The molecule has 20 heavy (non-hydrogen) atoms. The van der Waals surface area contributed by atoms with Gasteiger partial charge in [0.25, 0.3) is 0 Å². The monoisotopic (exact) mass is 283 g/mol. The summed E-state index contributed by atoms with van der Waals surface area (Å²) in [5.41, 5.74) is 0. The minimum atomic E-state index is 0.125. The molecule has 1 rings (SSSR count). The van der Waals surface area contributed by atoms with Crippen LogP contribution in [0.4, 0.5) is 0 Å². The first-order chi connectivity index (χ1) is 9.36. The van der Waals surface area contributed by atoms with E-state index in [2.05, 4.69) is 32.7 Å². The van der Waals surface area contributed by atoms with Crippen LogP contribution < -0.4 is 0 Å². The molecule has 1 saturated carbocycles. The Morgan fingerprint density at radius 2 is 1.55 bits per heavy atom. The lowest BCUT2D eigenvalue weighted by molar-refractivity contribution is -0.131. The molecule has 3 unspecified atom stereocenters. The first kappa shape index (κ1) is 19.6. The van der Waals surface area contributed by atoms with Crippen molar-refractivity contribution in [3.05, 3.63) is 0 Å². The minimum absolute atomic E-state index is 0.125. The number of Topliss-reactive ketones (excluding diaryl/α,β-unsaturated/α-hetero) is 1. The summed E-state index contributed by atoms with van der Waals surface area (Å²) in [6, 6.07) is 0.562. The Bertz CT molecular complexity index is 273. The standard InChI is InChI=1S/C16H31NO.C2H6/c1-11(2)16(18)15(17(6)12(3)4)14-10-8-7-9-13(14)5;1-2/h11-15H,7-10H2,1-6H3;1-2H3. The van der Waals surface area contributed by atoms with E-state index in [0.29, 0.717) is 23.7 Å². The highest BCUT2D eigenvalue weighted by Crippen LogP contribution is 2.35. The molecule has 2 nitrogen and oxygen atoms in total. The molecule has 0 spiro atoms. The molecule has 0 heterocycles. The lowest BCUT2D eigenvalue weighted by atomic mass is 9.73. The maximum atomic E-state index is 12.6. The van der Waals surface area contributed by atoms with Crippen LogP contribution >= 0.6 is 0 Å². The molecule has 3 atom stereocenters. The highest BCUT2D eigenvalue weighted by molar-refractivity contribution is 5.86. The molecule has 0 saturated heterocycles. The largest absolute Gasteiger partial charge is 0.298 e. The summed E-state index contributed by atoms with van der Waals surface area (Å²) in [7, 11) is 2.12. The van der Waals surface area contributed by atoms with Gasteiger partial charge in [-0.1, -0.05) is 53.9 Å². The zero-order valence-corrected chi connectivity index (χ0v) is 15.1. The van der Waals surface area contributed by atoms with E-state index < -0.39 is 0 Å². The second-order valence-electron chi connectivity index (χ2n) is 6.69. The van der Waals surface area contributed by atoms with Gasteiger partial charge in [0.15, 0.2) is 5.78 Å². The lowest BCUT2D eigenvalue weighted by Crippen LogP contribution is -2.51. The third kappa shape index (κ3) is 5.20. The van der Waals surface area contributed by atoms with Crippen molar-refractivity contribution in [3.8, 4) is 0 Å². The van der Waals surface area contributed by atoms with Crippen LogP contribution in [0.25, 0.3) is 0 Å². The van der Waals surface area contributed by atoms with E-state index >= 15 is 0 Å². The number of likely N-dealkylation sites (N-methyl/N-ethyl adjacent to an activating group) is 1. The van der Waals surface area contributed by atoms with Gasteiger partial charge < -0.3 is 0 Å². The highest BCUT2D eigenvalue weighted by atomic mass is 16.1. The van der Waals surface area contributed by atoms with Crippen LogP contribution in [0.1, 0.15) is 74.1 Å². The van der Waals surface area contributed by atoms with Crippen molar-refractivity contribution in [2.45, 2.75) is 86.2 Å². The van der Waals surface area contributed by atoms with Gasteiger partial charge in [0.2, 0.25) is 0 Å². The number of ketones is 1. The molecule has 120 valence electrons. The van der Waals surface area contributed by atoms with E-state index in [0.717, 1.165) is 0 Å². The summed E-state index contributed by atoms with van der Waals surface area (Å²) < 4.78 is 0. The Labute approximate surface area is 127 Å². The summed E-state index contributed by atoms with van der Waals surface area (Å²) in [6.45, 7) is 14.8. The van der Waals surface area contributed by atoms with E-state index in [1.165, 1.54) is 25.7 Å². The van der Waals surface area contributed by atoms with Crippen LogP contribution in [0.3, 0.4) is 0 Å². The van der Waals surface area contributed by atoms with Gasteiger partial charge in [0, 0.05) is 12.0 Å².